The van der Waals surface area contributed by atoms with Gasteiger partial charge in [0.2, 0.25) is 0 Å². The van der Waals surface area contributed by atoms with Crippen LogP contribution in [0.15, 0.2) is 42.6 Å². The Balaban J connectivity index is 1.80. The topological polar surface area (TPSA) is 11.4 Å². The van der Waals surface area contributed by atoms with E-state index in [1.807, 2.05) is 42.0 Å². The lowest BCUT2D eigenvalue weighted by Gasteiger charge is -2.34. The van der Waals surface area contributed by atoms with E-state index in [1.165, 1.54) is 6.07 Å². The molecule has 2 aromatic carbocycles. The van der Waals surface area contributed by atoms with Gasteiger partial charge in [-0.25, -0.2) is 4.39 Å². The van der Waals surface area contributed by atoms with E-state index in [-0.39, 0.29) is 5.82 Å². The molecule has 0 aliphatic carbocycles. The Kier molecular flexibility index (Phi) is 4.18. The predicted octanol–water partition coefficient (Wildman–Crippen LogP) is 4.48. The molecule has 4 rings (SSSR count). The second-order valence-corrected chi connectivity index (χ2v) is 7.21. The number of nitrogens with zero attached hydrogens (tertiary/aromatic N) is 3. The van der Waals surface area contributed by atoms with E-state index < -0.39 is 0 Å². The number of benzene rings is 2. The minimum atomic E-state index is -0.194. The molecule has 0 saturated carbocycles. The molecule has 1 fully saturated rings. The number of fused-ring (bicyclic) bond motifs is 1. The van der Waals surface area contributed by atoms with Gasteiger partial charge in [-0.1, -0.05) is 17.7 Å². The molecule has 1 aliphatic heterocycles. The molecule has 1 saturated heterocycles. The molecular formula is C20H21ClFN3. The van der Waals surface area contributed by atoms with Gasteiger partial charge in [-0.05, 0) is 49.9 Å². The minimum Gasteiger partial charge on any atom is -0.369 e. The van der Waals surface area contributed by atoms with E-state index in [0.717, 1.165) is 48.6 Å². The average Bonchev–Trinajstić information content (AvgIpc) is 3.05. The van der Waals surface area contributed by atoms with Crippen LogP contribution in [0.3, 0.4) is 0 Å². The Hall–Kier alpha value is -2.04. The van der Waals surface area contributed by atoms with Crippen LogP contribution in [-0.2, 0) is 0 Å². The first-order valence-electron chi connectivity index (χ1n) is 8.53. The molecule has 25 heavy (non-hydrogen) atoms. The maximum absolute atomic E-state index is 14.1. The third kappa shape index (κ3) is 3.00. The number of hydrogen-bond donors (Lipinski definition) is 0. The quantitative estimate of drug-likeness (QED) is 0.669. The summed E-state index contributed by atoms with van der Waals surface area (Å²) in [6.45, 7) is 6.05. The van der Waals surface area contributed by atoms with Crippen molar-refractivity contribution in [1.29, 1.82) is 0 Å². The second kappa shape index (κ2) is 6.36. The van der Waals surface area contributed by atoms with Gasteiger partial charge in [0.1, 0.15) is 5.82 Å². The largest absolute Gasteiger partial charge is 0.369 e. The van der Waals surface area contributed by atoms with E-state index in [2.05, 4.69) is 22.9 Å². The summed E-state index contributed by atoms with van der Waals surface area (Å²) in [6, 6.07) is 11.3. The van der Waals surface area contributed by atoms with Gasteiger partial charge in [0.15, 0.2) is 0 Å². The standard InChI is InChI=1S/C20H21ClFN3/c1-14-3-4-19(22)18-5-6-25(20(14)18)17-12-15(21)11-16(13-17)24-9-7-23(2)8-10-24/h3-6,11-13H,7-10H2,1-2H3. The molecule has 1 aliphatic rings. The van der Waals surface area contributed by atoms with Gasteiger partial charge in [0.05, 0.1) is 5.52 Å². The lowest BCUT2D eigenvalue weighted by atomic mass is 10.1. The van der Waals surface area contributed by atoms with Gasteiger partial charge in [-0.15, -0.1) is 0 Å². The number of hydrogen-bond acceptors (Lipinski definition) is 2. The van der Waals surface area contributed by atoms with Crippen LogP contribution in [0.4, 0.5) is 10.1 Å². The van der Waals surface area contributed by atoms with Crippen molar-refractivity contribution in [2.75, 3.05) is 38.1 Å². The lowest BCUT2D eigenvalue weighted by Crippen LogP contribution is -2.44. The summed E-state index contributed by atoms with van der Waals surface area (Å²) >= 11 is 6.41. The Labute approximate surface area is 152 Å². The summed E-state index contributed by atoms with van der Waals surface area (Å²) < 4.78 is 16.2. The summed E-state index contributed by atoms with van der Waals surface area (Å²) in [6.07, 6.45) is 1.92. The third-order valence-corrected chi connectivity index (χ3v) is 5.23. The van der Waals surface area contributed by atoms with Crippen LogP contribution < -0.4 is 4.90 Å². The van der Waals surface area contributed by atoms with E-state index in [9.17, 15) is 4.39 Å². The predicted molar refractivity (Wildman–Crippen MR) is 103 cm³/mol. The molecule has 130 valence electrons. The van der Waals surface area contributed by atoms with Crippen LogP contribution in [0.2, 0.25) is 5.02 Å². The van der Waals surface area contributed by atoms with Crippen LogP contribution in [-0.4, -0.2) is 42.7 Å². The zero-order valence-electron chi connectivity index (χ0n) is 14.5. The van der Waals surface area contributed by atoms with Gasteiger partial charge in [0, 0.05) is 54.2 Å². The van der Waals surface area contributed by atoms with E-state index in [1.54, 1.807) is 0 Å². The van der Waals surface area contributed by atoms with Gasteiger partial charge in [0.25, 0.3) is 0 Å². The molecule has 0 spiro atoms. The molecule has 2 heterocycles. The van der Waals surface area contributed by atoms with Crippen molar-refractivity contribution < 1.29 is 4.39 Å². The molecule has 0 atom stereocenters. The van der Waals surface area contributed by atoms with Crippen LogP contribution in [0, 0.1) is 12.7 Å². The summed E-state index contributed by atoms with van der Waals surface area (Å²) in [5, 5.41) is 1.34. The highest BCUT2D eigenvalue weighted by molar-refractivity contribution is 6.31. The molecule has 0 bridgehead atoms. The first-order valence-corrected chi connectivity index (χ1v) is 8.91. The second-order valence-electron chi connectivity index (χ2n) is 6.77. The zero-order valence-corrected chi connectivity index (χ0v) is 15.2. The van der Waals surface area contributed by atoms with Crippen molar-refractivity contribution in [3.8, 4) is 5.69 Å². The van der Waals surface area contributed by atoms with E-state index >= 15 is 0 Å². The van der Waals surface area contributed by atoms with Gasteiger partial charge in [-0.2, -0.15) is 0 Å². The number of rotatable bonds is 2. The van der Waals surface area contributed by atoms with E-state index in [4.69, 9.17) is 11.6 Å². The van der Waals surface area contributed by atoms with Crippen molar-refractivity contribution in [1.82, 2.24) is 9.47 Å². The van der Waals surface area contributed by atoms with Crippen LogP contribution in [0.25, 0.3) is 16.6 Å². The lowest BCUT2D eigenvalue weighted by molar-refractivity contribution is 0.313. The highest BCUT2D eigenvalue weighted by Gasteiger charge is 2.16. The molecule has 5 heteroatoms. The highest BCUT2D eigenvalue weighted by Crippen LogP contribution is 2.30. The summed E-state index contributed by atoms with van der Waals surface area (Å²) in [5.41, 5.74) is 4.02. The molecule has 0 N–H and O–H groups in total. The van der Waals surface area contributed by atoms with Crippen LogP contribution >= 0.6 is 11.6 Å². The van der Waals surface area contributed by atoms with Crippen molar-refractivity contribution in [3.05, 3.63) is 59.0 Å². The number of aryl methyl sites for hydroxylation is 1. The Bertz CT molecular complexity index is 926. The van der Waals surface area contributed by atoms with E-state index in [0.29, 0.717) is 10.4 Å². The maximum Gasteiger partial charge on any atom is 0.132 e. The fourth-order valence-corrected chi connectivity index (χ4v) is 3.78. The van der Waals surface area contributed by atoms with Crippen LogP contribution in [0.5, 0.6) is 0 Å². The number of anilines is 1. The maximum atomic E-state index is 14.1. The first kappa shape index (κ1) is 16.4. The SMILES string of the molecule is Cc1ccc(F)c2ccn(-c3cc(Cl)cc(N4CCN(C)CC4)c3)c12. The highest BCUT2D eigenvalue weighted by atomic mass is 35.5. The van der Waals surface area contributed by atoms with Crippen LogP contribution in [0.1, 0.15) is 5.56 Å². The first-order chi connectivity index (χ1) is 12.0. The van der Waals surface area contributed by atoms with Crippen molar-refractivity contribution in [2.45, 2.75) is 6.92 Å². The summed E-state index contributed by atoms with van der Waals surface area (Å²) in [5.74, 6) is -0.194. The summed E-state index contributed by atoms with van der Waals surface area (Å²) in [4.78, 5) is 4.68. The normalized spacial score (nSPS) is 15.9. The Morgan fingerprint density at radius 2 is 1.68 bits per heavy atom. The molecule has 0 unspecified atom stereocenters. The van der Waals surface area contributed by atoms with Crippen molar-refractivity contribution >= 4 is 28.2 Å². The van der Waals surface area contributed by atoms with Gasteiger partial charge in [-0.3, -0.25) is 0 Å². The Morgan fingerprint density at radius 1 is 0.960 bits per heavy atom. The zero-order chi connectivity index (χ0) is 17.6. The summed E-state index contributed by atoms with van der Waals surface area (Å²) in [7, 11) is 2.14. The molecule has 0 amide bonds. The van der Waals surface area contributed by atoms with Crippen molar-refractivity contribution in [2.24, 2.45) is 0 Å². The number of piperazine rings is 1. The molecular weight excluding hydrogens is 337 g/mol. The smallest absolute Gasteiger partial charge is 0.132 e. The molecule has 3 nitrogen and oxygen atoms in total. The number of aromatic nitrogens is 1. The fourth-order valence-electron chi connectivity index (χ4n) is 3.55. The van der Waals surface area contributed by atoms with Gasteiger partial charge >= 0.3 is 0 Å². The number of likely N-dealkylation sites (N-methyl/N-ethyl adjacent to an activating group) is 1. The Morgan fingerprint density at radius 3 is 2.44 bits per heavy atom. The monoisotopic (exact) mass is 357 g/mol. The minimum absolute atomic E-state index is 0.194. The molecule has 0 radical (unpaired) electrons. The van der Waals surface area contributed by atoms with Gasteiger partial charge < -0.3 is 14.4 Å². The average molecular weight is 358 g/mol. The fraction of sp³-hybridized carbons (Fsp3) is 0.300. The third-order valence-electron chi connectivity index (χ3n) is 5.01. The van der Waals surface area contributed by atoms with Crippen molar-refractivity contribution in [3.63, 3.8) is 0 Å². The molecule has 1 aromatic heterocycles. The molecule has 3 aromatic rings. The number of halogens is 2.